The van der Waals surface area contributed by atoms with E-state index in [1.54, 1.807) is 7.11 Å². The van der Waals surface area contributed by atoms with Gasteiger partial charge in [0.2, 0.25) is 5.91 Å². The summed E-state index contributed by atoms with van der Waals surface area (Å²) < 4.78 is 10.8. The van der Waals surface area contributed by atoms with Crippen molar-refractivity contribution in [3.8, 4) is 11.5 Å². The fraction of sp³-hybridized carbons (Fsp3) is 0.562. The maximum absolute atomic E-state index is 12.0. The topological polar surface area (TPSA) is 47.6 Å². The van der Waals surface area contributed by atoms with E-state index in [1.165, 1.54) is 6.42 Å². The summed E-state index contributed by atoms with van der Waals surface area (Å²) >= 11 is 0. The Balaban J connectivity index is 2.05. The van der Waals surface area contributed by atoms with Crippen molar-refractivity contribution in [3.63, 3.8) is 0 Å². The molecule has 1 amide bonds. The second kappa shape index (κ2) is 6.64. The molecule has 1 saturated carbocycles. The van der Waals surface area contributed by atoms with Crippen molar-refractivity contribution < 1.29 is 14.3 Å². The van der Waals surface area contributed by atoms with E-state index < -0.39 is 0 Å². The Morgan fingerprint density at radius 3 is 2.70 bits per heavy atom. The molecule has 1 fully saturated rings. The number of benzene rings is 1. The zero-order valence-electron chi connectivity index (χ0n) is 12.4. The number of ether oxygens (including phenoxy) is 2. The second-order valence-corrected chi connectivity index (χ2v) is 5.20. The first-order valence-corrected chi connectivity index (χ1v) is 7.26. The van der Waals surface area contributed by atoms with Gasteiger partial charge in [0.1, 0.15) is 0 Å². The molecule has 0 bridgehead atoms. The maximum atomic E-state index is 12.0. The predicted molar refractivity (Wildman–Crippen MR) is 78.1 cm³/mol. The van der Waals surface area contributed by atoms with Crippen molar-refractivity contribution in [2.75, 3.05) is 13.7 Å². The van der Waals surface area contributed by atoms with Crippen molar-refractivity contribution in [2.24, 2.45) is 5.92 Å². The number of amides is 1. The zero-order valence-corrected chi connectivity index (χ0v) is 12.4. The van der Waals surface area contributed by atoms with Crippen LogP contribution in [0.5, 0.6) is 11.5 Å². The molecule has 4 nitrogen and oxygen atoms in total. The highest BCUT2D eigenvalue weighted by Crippen LogP contribution is 2.31. The van der Waals surface area contributed by atoms with Gasteiger partial charge in [0.25, 0.3) is 0 Å². The van der Waals surface area contributed by atoms with Crippen LogP contribution >= 0.6 is 0 Å². The molecule has 0 aromatic heterocycles. The molecule has 0 radical (unpaired) electrons. The van der Waals surface area contributed by atoms with Crippen LogP contribution in [0.15, 0.2) is 18.2 Å². The standard InChI is InChI=1S/C16H23NO3/c1-4-20-14-9-8-13(10-15(14)19-3)11(2)17-16(18)12-6-5-7-12/h8-12H,4-7H2,1-3H3,(H,17,18). The van der Waals surface area contributed by atoms with Crippen LogP contribution in [0, 0.1) is 5.92 Å². The number of nitrogens with one attached hydrogen (secondary N) is 1. The molecule has 1 aromatic carbocycles. The Bertz CT molecular complexity index is 469. The summed E-state index contributed by atoms with van der Waals surface area (Å²) in [5.41, 5.74) is 1.03. The van der Waals surface area contributed by atoms with Crippen LogP contribution in [0.3, 0.4) is 0 Å². The van der Waals surface area contributed by atoms with Gasteiger partial charge in [0, 0.05) is 5.92 Å². The summed E-state index contributed by atoms with van der Waals surface area (Å²) in [4.78, 5) is 12.0. The molecular weight excluding hydrogens is 254 g/mol. The molecule has 1 atom stereocenters. The maximum Gasteiger partial charge on any atom is 0.223 e. The smallest absolute Gasteiger partial charge is 0.223 e. The second-order valence-electron chi connectivity index (χ2n) is 5.20. The minimum atomic E-state index is -0.0207. The van der Waals surface area contributed by atoms with Crippen LogP contribution in [0.2, 0.25) is 0 Å². The third-order valence-electron chi connectivity index (χ3n) is 3.82. The van der Waals surface area contributed by atoms with E-state index in [0.717, 1.165) is 24.2 Å². The largest absolute Gasteiger partial charge is 0.493 e. The van der Waals surface area contributed by atoms with Gasteiger partial charge in [-0.2, -0.15) is 0 Å². The van der Waals surface area contributed by atoms with Gasteiger partial charge in [0.05, 0.1) is 19.8 Å². The van der Waals surface area contributed by atoms with Gasteiger partial charge in [0.15, 0.2) is 11.5 Å². The van der Waals surface area contributed by atoms with E-state index in [-0.39, 0.29) is 17.9 Å². The van der Waals surface area contributed by atoms with Gasteiger partial charge < -0.3 is 14.8 Å². The van der Waals surface area contributed by atoms with Crippen molar-refractivity contribution in [2.45, 2.75) is 39.2 Å². The lowest BCUT2D eigenvalue weighted by molar-refractivity contribution is -0.128. The van der Waals surface area contributed by atoms with Gasteiger partial charge in [-0.05, 0) is 44.4 Å². The molecule has 0 heterocycles. The van der Waals surface area contributed by atoms with Gasteiger partial charge in [-0.15, -0.1) is 0 Å². The molecule has 20 heavy (non-hydrogen) atoms. The number of hydrogen-bond acceptors (Lipinski definition) is 3. The van der Waals surface area contributed by atoms with Crippen LogP contribution in [0.1, 0.15) is 44.7 Å². The normalized spacial score (nSPS) is 16.1. The van der Waals surface area contributed by atoms with E-state index in [9.17, 15) is 4.79 Å². The first-order valence-electron chi connectivity index (χ1n) is 7.26. The van der Waals surface area contributed by atoms with E-state index in [2.05, 4.69) is 5.32 Å². The van der Waals surface area contributed by atoms with E-state index in [4.69, 9.17) is 9.47 Å². The highest BCUT2D eigenvalue weighted by molar-refractivity contribution is 5.79. The molecule has 0 spiro atoms. The summed E-state index contributed by atoms with van der Waals surface area (Å²) in [7, 11) is 1.62. The number of carbonyl (C=O) groups is 1. The fourth-order valence-corrected chi connectivity index (χ4v) is 2.31. The van der Waals surface area contributed by atoms with Gasteiger partial charge in [-0.25, -0.2) is 0 Å². The summed E-state index contributed by atoms with van der Waals surface area (Å²) in [6.07, 6.45) is 3.21. The average molecular weight is 277 g/mol. The molecule has 1 N–H and O–H groups in total. The molecule has 0 saturated heterocycles. The summed E-state index contributed by atoms with van der Waals surface area (Å²) in [6.45, 7) is 4.53. The lowest BCUT2D eigenvalue weighted by Crippen LogP contribution is -2.35. The van der Waals surface area contributed by atoms with Crippen molar-refractivity contribution in [1.82, 2.24) is 5.32 Å². The van der Waals surface area contributed by atoms with Crippen molar-refractivity contribution in [3.05, 3.63) is 23.8 Å². The van der Waals surface area contributed by atoms with Crippen molar-refractivity contribution >= 4 is 5.91 Å². The molecular formula is C16H23NO3. The monoisotopic (exact) mass is 277 g/mol. The number of rotatable bonds is 6. The molecule has 1 aliphatic carbocycles. The minimum absolute atomic E-state index is 0.0207. The number of carbonyl (C=O) groups excluding carboxylic acids is 1. The number of hydrogen-bond donors (Lipinski definition) is 1. The highest BCUT2D eigenvalue weighted by Gasteiger charge is 2.26. The Kier molecular flexibility index (Phi) is 4.88. The minimum Gasteiger partial charge on any atom is -0.493 e. The molecule has 110 valence electrons. The quantitative estimate of drug-likeness (QED) is 0.869. The van der Waals surface area contributed by atoms with Gasteiger partial charge >= 0.3 is 0 Å². The Labute approximate surface area is 120 Å². The lowest BCUT2D eigenvalue weighted by atomic mass is 9.84. The van der Waals surface area contributed by atoms with Gasteiger partial charge in [-0.1, -0.05) is 12.5 Å². The molecule has 1 aliphatic rings. The van der Waals surface area contributed by atoms with Crippen LogP contribution in [-0.4, -0.2) is 19.6 Å². The fourth-order valence-electron chi connectivity index (χ4n) is 2.31. The molecule has 4 heteroatoms. The lowest BCUT2D eigenvalue weighted by Gasteiger charge is -2.26. The van der Waals surface area contributed by atoms with Crippen LogP contribution in [0.4, 0.5) is 0 Å². The van der Waals surface area contributed by atoms with Crippen LogP contribution < -0.4 is 14.8 Å². The summed E-state index contributed by atoms with van der Waals surface area (Å²) in [5.74, 6) is 1.81. The molecule has 2 rings (SSSR count). The van der Waals surface area contributed by atoms with E-state index in [0.29, 0.717) is 12.4 Å². The first-order chi connectivity index (χ1) is 9.65. The summed E-state index contributed by atoms with van der Waals surface area (Å²) in [5, 5.41) is 3.07. The SMILES string of the molecule is CCOc1ccc(C(C)NC(=O)C2CCC2)cc1OC. The van der Waals surface area contributed by atoms with E-state index in [1.807, 2.05) is 32.0 Å². The third-order valence-corrected chi connectivity index (χ3v) is 3.82. The summed E-state index contributed by atoms with van der Waals surface area (Å²) in [6, 6.07) is 5.77. The third kappa shape index (κ3) is 3.24. The Morgan fingerprint density at radius 2 is 2.15 bits per heavy atom. The molecule has 1 aromatic rings. The van der Waals surface area contributed by atoms with Gasteiger partial charge in [-0.3, -0.25) is 4.79 Å². The van der Waals surface area contributed by atoms with Crippen molar-refractivity contribution in [1.29, 1.82) is 0 Å². The van der Waals surface area contributed by atoms with Crippen LogP contribution in [-0.2, 0) is 4.79 Å². The van der Waals surface area contributed by atoms with Crippen LogP contribution in [0.25, 0.3) is 0 Å². The Morgan fingerprint density at radius 1 is 1.40 bits per heavy atom. The number of methoxy groups -OCH3 is 1. The highest BCUT2D eigenvalue weighted by atomic mass is 16.5. The predicted octanol–water partition coefficient (Wildman–Crippen LogP) is 3.07. The zero-order chi connectivity index (χ0) is 14.5. The Hall–Kier alpha value is -1.71. The molecule has 1 unspecified atom stereocenters. The molecule has 0 aliphatic heterocycles. The van der Waals surface area contributed by atoms with E-state index >= 15 is 0 Å². The average Bonchev–Trinajstić information content (AvgIpc) is 2.37. The first kappa shape index (κ1) is 14.7.